The molecule has 22 heavy (non-hydrogen) atoms. The lowest BCUT2D eigenvalue weighted by atomic mass is 9.89. The van der Waals surface area contributed by atoms with E-state index in [4.69, 9.17) is 0 Å². The molecule has 0 radical (unpaired) electrons. The average Bonchev–Trinajstić information content (AvgIpc) is 3.17. The Labute approximate surface area is 152 Å². The second kappa shape index (κ2) is 10.3. The number of carbonyl (C=O) groups excluding carboxylic acids is 1. The van der Waals surface area contributed by atoms with E-state index in [1.54, 1.807) is 0 Å². The number of aliphatic imine (C=N–C) groups is 1. The Hall–Kier alpha value is -0.530. The third-order valence-corrected chi connectivity index (χ3v) is 3.38. The summed E-state index contributed by atoms with van der Waals surface area (Å²) in [6, 6.07) is 0.738. The van der Waals surface area contributed by atoms with Crippen LogP contribution in [0.1, 0.15) is 60.3 Å². The molecule has 0 aromatic rings. The smallest absolute Gasteiger partial charge is 0.242 e. The Morgan fingerprint density at radius 3 is 2.45 bits per heavy atom. The molecule has 0 bridgehead atoms. The van der Waals surface area contributed by atoms with Gasteiger partial charge in [0.1, 0.15) is 6.54 Å². The molecular formula is C16H33IN4O. The van der Waals surface area contributed by atoms with Crippen LogP contribution < -0.4 is 16.0 Å². The fourth-order valence-electron chi connectivity index (χ4n) is 1.93. The van der Waals surface area contributed by atoms with E-state index in [-0.39, 0.29) is 36.4 Å². The minimum absolute atomic E-state index is 0. The van der Waals surface area contributed by atoms with Crippen LogP contribution in [0.5, 0.6) is 0 Å². The Morgan fingerprint density at radius 2 is 1.95 bits per heavy atom. The first kappa shape index (κ1) is 21.5. The van der Waals surface area contributed by atoms with Gasteiger partial charge in [-0.25, -0.2) is 4.99 Å². The molecule has 0 heterocycles. The minimum atomic E-state index is 0. The summed E-state index contributed by atoms with van der Waals surface area (Å²) in [5, 5.41) is 9.52. The van der Waals surface area contributed by atoms with Gasteiger partial charge >= 0.3 is 0 Å². The summed E-state index contributed by atoms with van der Waals surface area (Å²) < 4.78 is 0. The standard InChI is InChI=1S/C16H32N4O.HI/c1-6-17-15(18-11-14(21)20-13-7-8-13)19-12(2)9-10-16(3,4)5;/h12-13H,6-11H2,1-5H3,(H,20,21)(H2,17,18,19);1H. The highest BCUT2D eigenvalue weighted by Gasteiger charge is 2.22. The number of guanidine groups is 1. The number of rotatable bonds is 7. The third-order valence-electron chi connectivity index (χ3n) is 3.38. The lowest BCUT2D eigenvalue weighted by Crippen LogP contribution is -2.43. The van der Waals surface area contributed by atoms with E-state index in [2.05, 4.69) is 48.6 Å². The van der Waals surface area contributed by atoms with E-state index >= 15 is 0 Å². The molecular weight excluding hydrogens is 391 g/mol. The van der Waals surface area contributed by atoms with Crippen molar-refractivity contribution >= 4 is 35.8 Å². The van der Waals surface area contributed by atoms with Crippen LogP contribution in [0, 0.1) is 5.41 Å². The number of carbonyl (C=O) groups is 1. The Balaban J connectivity index is 0.00000441. The van der Waals surface area contributed by atoms with E-state index in [1.165, 1.54) is 0 Å². The molecule has 5 nitrogen and oxygen atoms in total. The quantitative estimate of drug-likeness (QED) is 0.335. The molecule has 1 fully saturated rings. The molecule has 0 aliphatic heterocycles. The minimum Gasteiger partial charge on any atom is -0.357 e. The molecule has 1 rings (SSSR count). The zero-order valence-electron chi connectivity index (χ0n) is 14.7. The maximum absolute atomic E-state index is 11.7. The average molecular weight is 424 g/mol. The first-order valence-corrected chi connectivity index (χ1v) is 8.14. The van der Waals surface area contributed by atoms with Gasteiger partial charge in [0.15, 0.2) is 5.96 Å². The van der Waals surface area contributed by atoms with Crippen LogP contribution in [0.3, 0.4) is 0 Å². The van der Waals surface area contributed by atoms with Crippen molar-refractivity contribution in [1.82, 2.24) is 16.0 Å². The summed E-state index contributed by atoms with van der Waals surface area (Å²) >= 11 is 0. The third kappa shape index (κ3) is 11.1. The molecule has 0 aromatic heterocycles. The molecule has 1 aliphatic carbocycles. The fourth-order valence-corrected chi connectivity index (χ4v) is 1.93. The van der Waals surface area contributed by atoms with Gasteiger partial charge in [-0.05, 0) is 44.9 Å². The zero-order valence-corrected chi connectivity index (χ0v) is 17.0. The molecule has 1 aliphatic rings. The lowest BCUT2D eigenvalue weighted by Gasteiger charge is -2.23. The van der Waals surface area contributed by atoms with Gasteiger partial charge < -0.3 is 16.0 Å². The van der Waals surface area contributed by atoms with Crippen LogP contribution in [0.25, 0.3) is 0 Å². The van der Waals surface area contributed by atoms with E-state index in [0.29, 0.717) is 17.5 Å². The second-order valence-corrected chi connectivity index (χ2v) is 7.18. The summed E-state index contributed by atoms with van der Waals surface area (Å²) in [6.07, 6.45) is 4.46. The maximum atomic E-state index is 11.7. The van der Waals surface area contributed by atoms with Crippen molar-refractivity contribution in [1.29, 1.82) is 0 Å². The molecule has 130 valence electrons. The highest BCUT2D eigenvalue weighted by Crippen LogP contribution is 2.21. The van der Waals surface area contributed by atoms with Crippen molar-refractivity contribution in [2.75, 3.05) is 13.1 Å². The van der Waals surface area contributed by atoms with Crippen molar-refractivity contribution in [3.63, 3.8) is 0 Å². The molecule has 1 atom stereocenters. The fraction of sp³-hybridized carbons (Fsp3) is 0.875. The van der Waals surface area contributed by atoms with Crippen LogP contribution in [-0.4, -0.2) is 37.0 Å². The lowest BCUT2D eigenvalue weighted by molar-refractivity contribution is -0.119. The molecule has 6 heteroatoms. The Morgan fingerprint density at radius 1 is 1.32 bits per heavy atom. The van der Waals surface area contributed by atoms with Gasteiger partial charge in [0.05, 0.1) is 0 Å². The van der Waals surface area contributed by atoms with Crippen LogP contribution in [-0.2, 0) is 4.79 Å². The highest BCUT2D eigenvalue weighted by molar-refractivity contribution is 14.0. The Bertz CT molecular complexity index is 362. The highest BCUT2D eigenvalue weighted by atomic mass is 127. The van der Waals surface area contributed by atoms with Crippen LogP contribution in [0.4, 0.5) is 0 Å². The number of amides is 1. The summed E-state index contributed by atoms with van der Waals surface area (Å²) in [4.78, 5) is 16.0. The predicted molar refractivity (Wildman–Crippen MR) is 104 cm³/mol. The normalized spacial score (nSPS) is 16.5. The maximum Gasteiger partial charge on any atom is 0.242 e. The molecule has 0 spiro atoms. The van der Waals surface area contributed by atoms with Gasteiger partial charge in [0.25, 0.3) is 0 Å². The van der Waals surface area contributed by atoms with E-state index < -0.39 is 0 Å². The van der Waals surface area contributed by atoms with Gasteiger partial charge in [0.2, 0.25) is 5.91 Å². The molecule has 1 saturated carbocycles. The van der Waals surface area contributed by atoms with Gasteiger partial charge in [0, 0.05) is 18.6 Å². The Kier molecular flexibility index (Phi) is 10.0. The van der Waals surface area contributed by atoms with Crippen LogP contribution >= 0.6 is 24.0 Å². The second-order valence-electron chi connectivity index (χ2n) is 7.18. The first-order valence-electron chi connectivity index (χ1n) is 8.14. The summed E-state index contributed by atoms with van der Waals surface area (Å²) in [5.74, 6) is 0.738. The molecule has 0 aromatic carbocycles. The van der Waals surface area contributed by atoms with E-state index in [0.717, 1.165) is 38.2 Å². The SMILES string of the molecule is CCNC(=NCC(=O)NC1CC1)NC(C)CCC(C)(C)C.I. The predicted octanol–water partition coefficient (Wildman–Crippen LogP) is 2.65. The van der Waals surface area contributed by atoms with E-state index in [1.807, 2.05) is 6.92 Å². The number of nitrogens with zero attached hydrogens (tertiary/aromatic N) is 1. The summed E-state index contributed by atoms with van der Waals surface area (Å²) in [6.45, 7) is 11.9. The van der Waals surface area contributed by atoms with Crippen molar-refractivity contribution in [2.45, 2.75) is 72.4 Å². The molecule has 3 N–H and O–H groups in total. The molecule has 1 unspecified atom stereocenters. The number of halogens is 1. The van der Waals surface area contributed by atoms with E-state index in [9.17, 15) is 4.79 Å². The van der Waals surface area contributed by atoms with Gasteiger partial charge in [-0.1, -0.05) is 20.8 Å². The first-order chi connectivity index (χ1) is 9.80. The van der Waals surface area contributed by atoms with Crippen molar-refractivity contribution in [3.05, 3.63) is 0 Å². The topological polar surface area (TPSA) is 65.5 Å². The van der Waals surface area contributed by atoms with Crippen molar-refractivity contribution < 1.29 is 4.79 Å². The van der Waals surface area contributed by atoms with Gasteiger partial charge in [-0.15, -0.1) is 24.0 Å². The molecule has 0 saturated heterocycles. The van der Waals surface area contributed by atoms with Crippen LogP contribution in [0.2, 0.25) is 0 Å². The summed E-state index contributed by atoms with van der Waals surface area (Å²) in [5.41, 5.74) is 0.343. The number of nitrogens with one attached hydrogen (secondary N) is 3. The van der Waals surface area contributed by atoms with Crippen molar-refractivity contribution in [3.8, 4) is 0 Å². The van der Waals surface area contributed by atoms with Crippen molar-refractivity contribution in [2.24, 2.45) is 10.4 Å². The molecule has 1 amide bonds. The number of hydrogen-bond donors (Lipinski definition) is 3. The van der Waals surface area contributed by atoms with Gasteiger partial charge in [-0.2, -0.15) is 0 Å². The number of hydrogen-bond acceptors (Lipinski definition) is 2. The monoisotopic (exact) mass is 424 g/mol. The van der Waals surface area contributed by atoms with Gasteiger partial charge in [-0.3, -0.25) is 4.79 Å². The summed E-state index contributed by atoms with van der Waals surface area (Å²) in [7, 11) is 0. The largest absolute Gasteiger partial charge is 0.357 e. The zero-order chi connectivity index (χ0) is 15.9. The van der Waals surface area contributed by atoms with Crippen LogP contribution in [0.15, 0.2) is 4.99 Å².